The van der Waals surface area contributed by atoms with Crippen molar-refractivity contribution in [3.05, 3.63) is 60.7 Å². The molecule has 3 rings (SSSR count). The van der Waals surface area contributed by atoms with Crippen LogP contribution in [0.25, 0.3) is 11.3 Å². The Bertz CT molecular complexity index is 861. The highest BCUT2D eigenvalue weighted by atomic mass is 16.2. The number of likely N-dealkylation sites (N-methyl/N-ethyl adjacent to an activating group) is 1. The first-order valence-corrected chi connectivity index (χ1v) is 8.23. The van der Waals surface area contributed by atoms with Gasteiger partial charge in [0, 0.05) is 30.7 Å². The second kappa shape index (κ2) is 8.21. The molecule has 0 aliphatic carbocycles. The number of carbonyl (C=O) groups is 1. The smallest absolute Gasteiger partial charge is 0.272 e. The molecule has 3 heterocycles. The molecule has 0 radical (unpaired) electrons. The number of nitrogens with zero attached hydrogens (tertiary/aromatic N) is 5. The first-order chi connectivity index (χ1) is 12.6. The largest absolute Gasteiger partial charge is 0.308 e. The third kappa shape index (κ3) is 4.64. The van der Waals surface area contributed by atoms with Gasteiger partial charge in [0.25, 0.3) is 5.91 Å². The van der Waals surface area contributed by atoms with Crippen LogP contribution in [0.15, 0.2) is 55.1 Å². The summed E-state index contributed by atoms with van der Waals surface area (Å²) in [6.45, 7) is 1.58. The molecule has 0 saturated carbocycles. The van der Waals surface area contributed by atoms with Gasteiger partial charge in [-0.25, -0.2) is 4.98 Å². The van der Waals surface area contributed by atoms with Gasteiger partial charge in [-0.1, -0.05) is 6.07 Å². The summed E-state index contributed by atoms with van der Waals surface area (Å²) in [6, 6.07) is 9.31. The van der Waals surface area contributed by atoms with E-state index in [9.17, 15) is 4.79 Å². The van der Waals surface area contributed by atoms with Crippen LogP contribution >= 0.6 is 0 Å². The molecular weight excluding hydrogens is 330 g/mol. The molecule has 0 saturated heterocycles. The highest BCUT2D eigenvalue weighted by Crippen LogP contribution is 2.16. The van der Waals surface area contributed by atoms with Crippen LogP contribution in [0.2, 0.25) is 0 Å². The maximum absolute atomic E-state index is 12.2. The number of pyridine rings is 2. The van der Waals surface area contributed by atoms with Gasteiger partial charge in [-0.2, -0.15) is 5.10 Å². The van der Waals surface area contributed by atoms with Gasteiger partial charge < -0.3 is 4.90 Å². The predicted octanol–water partition coefficient (Wildman–Crippen LogP) is 1.66. The summed E-state index contributed by atoms with van der Waals surface area (Å²) in [5.74, 6) is 0.273. The fourth-order valence-electron chi connectivity index (χ4n) is 2.28. The van der Waals surface area contributed by atoms with Gasteiger partial charge in [0.2, 0.25) is 0 Å². The van der Waals surface area contributed by atoms with Crippen LogP contribution in [0.3, 0.4) is 0 Å². The number of aromatic nitrogens is 4. The number of amides is 1. The van der Waals surface area contributed by atoms with Crippen LogP contribution in [0, 0.1) is 0 Å². The van der Waals surface area contributed by atoms with Crippen molar-refractivity contribution in [3.8, 4) is 11.3 Å². The number of nitrogens with one attached hydrogen (secondary N) is 2. The Hall–Kier alpha value is -3.26. The van der Waals surface area contributed by atoms with Crippen molar-refractivity contribution >= 4 is 11.7 Å². The van der Waals surface area contributed by atoms with Gasteiger partial charge in [-0.3, -0.25) is 25.3 Å². The molecule has 0 atom stereocenters. The Balaban J connectivity index is 1.60. The van der Waals surface area contributed by atoms with Crippen LogP contribution in [-0.4, -0.2) is 51.2 Å². The third-order valence-electron chi connectivity index (χ3n) is 3.68. The topological polar surface area (TPSA) is 88.0 Å². The summed E-state index contributed by atoms with van der Waals surface area (Å²) in [7, 11) is 3.99. The molecule has 0 aliphatic rings. The van der Waals surface area contributed by atoms with Crippen molar-refractivity contribution < 1.29 is 4.79 Å². The molecular formula is C18H21N7O. The minimum Gasteiger partial charge on any atom is -0.308 e. The minimum atomic E-state index is -0.269. The van der Waals surface area contributed by atoms with Gasteiger partial charge in [0.05, 0.1) is 24.0 Å². The van der Waals surface area contributed by atoms with E-state index in [1.165, 1.54) is 0 Å². The fraction of sp³-hybridized carbons (Fsp3) is 0.222. The zero-order chi connectivity index (χ0) is 18.4. The molecule has 8 heteroatoms. The first-order valence-electron chi connectivity index (χ1n) is 8.23. The lowest BCUT2D eigenvalue weighted by molar-refractivity contribution is 0.0962. The van der Waals surface area contributed by atoms with E-state index in [-0.39, 0.29) is 5.91 Å². The maximum Gasteiger partial charge on any atom is 0.272 e. The first kappa shape index (κ1) is 17.6. The lowest BCUT2D eigenvalue weighted by Gasteiger charge is -2.09. The molecule has 0 aromatic carbocycles. The molecule has 26 heavy (non-hydrogen) atoms. The predicted molar refractivity (Wildman–Crippen MR) is 99.3 cm³/mol. The molecule has 8 nitrogen and oxygen atoms in total. The van der Waals surface area contributed by atoms with Crippen LogP contribution in [-0.2, 0) is 6.54 Å². The van der Waals surface area contributed by atoms with Gasteiger partial charge >= 0.3 is 0 Å². The Kier molecular flexibility index (Phi) is 5.55. The average molecular weight is 351 g/mol. The number of hydrogen-bond acceptors (Lipinski definition) is 6. The fourth-order valence-corrected chi connectivity index (χ4v) is 2.28. The van der Waals surface area contributed by atoms with E-state index in [2.05, 4.69) is 30.8 Å². The minimum absolute atomic E-state index is 0.269. The Morgan fingerprint density at radius 2 is 2.08 bits per heavy atom. The molecule has 0 aliphatic heterocycles. The normalized spacial score (nSPS) is 10.7. The summed E-state index contributed by atoms with van der Waals surface area (Å²) < 4.78 is 1.75. The molecule has 1 amide bonds. The van der Waals surface area contributed by atoms with E-state index in [0.29, 0.717) is 11.4 Å². The number of hydrogen-bond donors (Lipinski definition) is 2. The van der Waals surface area contributed by atoms with Crippen molar-refractivity contribution in [1.82, 2.24) is 30.1 Å². The van der Waals surface area contributed by atoms with Crippen molar-refractivity contribution in [2.24, 2.45) is 0 Å². The molecule has 3 aromatic heterocycles. The highest BCUT2D eigenvalue weighted by Gasteiger charge is 2.09. The van der Waals surface area contributed by atoms with Crippen LogP contribution in [0.5, 0.6) is 0 Å². The molecule has 2 N–H and O–H groups in total. The van der Waals surface area contributed by atoms with E-state index in [1.807, 2.05) is 38.4 Å². The highest BCUT2D eigenvalue weighted by molar-refractivity contribution is 5.94. The van der Waals surface area contributed by atoms with Crippen LogP contribution in [0.1, 0.15) is 10.4 Å². The van der Waals surface area contributed by atoms with E-state index < -0.39 is 0 Å². The number of rotatable bonds is 7. The maximum atomic E-state index is 12.2. The second-order valence-electron chi connectivity index (χ2n) is 6.02. The Morgan fingerprint density at radius 3 is 2.85 bits per heavy atom. The molecule has 0 unspecified atom stereocenters. The lowest BCUT2D eigenvalue weighted by Crippen LogP contribution is -2.29. The molecule has 0 bridgehead atoms. The Morgan fingerprint density at radius 1 is 1.19 bits per heavy atom. The number of carbonyl (C=O) groups excluding carboxylic acids is 1. The molecule has 3 aromatic rings. The standard InChI is InChI=1S/C18H21N7O/c1-24(2)9-10-25-13-15(12-20-25)18(26)23-22-17-7-3-6-16(21-17)14-5-4-8-19-11-14/h3-8,11-13H,9-10H2,1-2H3,(H,21,22)(H,23,26). The van der Waals surface area contributed by atoms with Crippen molar-refractivity contribution in [1.29, 1.82) is 0 Å². The molecule has 134 valence electrons. The summed E-state index contributed by atoms with van der Waals surface area (Å²) >= 11 is 0. The van der Waals surface area contributed by atoms with Gasteiger partial charge in [-0.05, 0) is 38.4 Å². The summed E-state index contributed by atoms with van der Waals surface area (Å²) in [6.07, 6.45) is 6.73. The Labute approximate surface area is 151 Å². The van der Waals surface area contributed by atoms with E-state index in [0.717, 1.165) is 24.3 Å². The summed E-state index contributed by atoms with van der Waals surface area (Å²) in [4.78, 5) is 22.9. The van der Waals surface area contributed by atoms with Crippen LogP contribution < -0.4 is 10.9 Å². The second-order valence-corrected chi connectivity index (χ2v) is 6.02. The monoisotopic (exact) mass is 351 g/mol. The zero-order valence-electron chi connectivity index (χ0n) is 14.8. The SMILES string of the molecule is CN(C)CCn1cc(C(=O)NNc2cccc(-c3cccnc3)n2)cn1. The summed E-state index contributed by atoms with van der Waals surface area (Å²) in [5, 5.41) is 4.20. The number of hydrazine groups is 1. The zero-order valence-corrected chi connectivity index (χ0v) is 14.8. The molecule has 0 spiro atoms. The molecule has 0 fully saturated rings. The van der Waals surface area contributed by atoms with Crippen LogP contribution in [0.4, 0.5) is 5.82 Å². The third-order valence-corrected chi connectivity index (χ3v) is 3.68. The van der Waals surface area contributed by atoms with Gasteiger partial charge in [-0.15, -0.1) is 0 Å². The average Bonchev–Trinajstić information content (AvgIpc) is 3.14. The van der Waals surface area contributed by atoms with Crippen molar-refractivity contribution in [2.75, 3.05) is 26.1 Å². The quantitative estimate of drug-likeness (QED) is 0.630. The van der Waals surface area contributed by atoms with Crippen molar-refractivity contribution in [2.45, 2.75) is 6.54 Å². The van der Waals surface area contributed by atoms with Crippen molar-refractivity contribution in [3.63, 3.8) is 0 Å². The lowest BCUT2D eigenvalue weighted by atomic mass is 10.2. The van der Waals surface area contributed by atoms with E-state index >= 15 is 0 Å². The summed E-state index contributed by atoms with van der Waals surface area (Å²) in [5.41, 5.74) is 7.64. The van der Waals surface area contributed by atoms with Gasteiger partial charge in [0.15, 0.2) is 0 Å². The van der Waals surface area contributed by atoms with E-state index in [4.69, 9.17) is 0 Å². The number of anilines is 1. The van der Waals surface area contributed by atoms with Gasteiger partial charge in [0.1, 0.15) is 5.82 Å². The van der Waals surface area contributed by atoms with E-state index in [1.54, 1.807) is 35.5 Å².